The van der Waals surface area contributed by atoms with Crippen LogP contribution >= 0.6 is 0 Å². The zero-order chi connectivity index (χ0) is 14.0. The Labute approximate surface area is 110 Å². The Morgan fingerprint density at radius 2 is 1.84 bits per heavy atom. The number of aromatic amines is 1. The van der Waals surface area contributed by atoms with Crippen molar-refractivity contribution < 1.29 is 9.47 Å². The van der Waals surface area contributed by atoms with Crippen LogP contribution in [0, 0.1) is 13.8 Å². The summed E-state index contributed by atoms with van der Waals surface area (Å²) in [5.41, 5.74) is 2.29. The molecule has 0 bridgehead atoms. The normalized spacial score (nSPS) is 10.3. The van der Waals surface area contributed by atoms with Crippen LogP contribution in [0.5, 0.6) is 11.8 Å². The molecule has 0 spiro atoms. The van der Waals surface area contributed by atoms with E-state index in [9.17, 15) is 4.79 Å². The van der Waals surface area contributed by atoms with Gasteiger partial charge in [-0.3, -0.25) is 4.98 Å². The molecule has 0 aliphatic heterocycles. The van der Waals surface area contributed by atoms with Crippen LogP contribution in [-0.4, -0.2) is 29.2 Å². The number of hydrogen-bond donors (Lipinski definition) is 1. The minimum absolute atomic E-state index is 0.0269. The van der Waals surface area contributed by atoms with Crippen molar-refractivity contribution in [3.05, 3.63) is 33.7 Å². The van der Waals surface area contributed by atoms with Crippen LogP contribution in [0.25, 0.3) is 11.4 Å². The molecule has 19 heavy (non-hydrogen) atoms. The SMILES string of the molecule is COc1nc(-c2ccc(C)c(C)c2OC)[nH]c(=O)n1. The summed E-state index contributed by atoms with van der Waals surface area (Å²) in [6.07, 6.45) is 0. The van der Waals surface area contributed by atoms with Gasteiger partial charge in [0.15, 0.2) is 5.82 Å². The lowest BCUT2D eigenvalue weighted by atomic mass is 10.0. The number of nitrogens with one attached hydrogen (secondary N) is 1. The average Bonchev–Trinajstić information content (AvgIpc) is 2.40. The zero-order valence-corrected chi connectivity index (χ0v) is 11.3. The Bertz CT molecular complexity index is 665. The molecule has 1 N–H and O–H groups in total. The molecule has 6 heteroatoms. The summed E-state index contributed by atoms with van der Waals surface area (Å²) in [4.78, 5) is 21.8. The highest BCUT2D eigenvalue weighted by atomic mass is 16.5. The molecule has 0 amide bonds. The fraction of sp³-hybridized carbons (Fsp3) is 0.308. The van der Waals surface area contributed by atoms with Gasteiger partial charge < -0.3 is 9.47 Å². The van der Waals surface area contributed by atoms with E-state index in [2.05, 4.69) is 15.0 Å². The number of nitrogens with zero attached hydrogens (tertiary/aromatic N) is 2. The Morgan fingerprint density at radius 3 is 2.47 bits per heavy atom. The van der Waals surface area contributed by atoms with Gasteiger partial charge in [-0.2, -0.15) is 4.98 Å². The van der Waals surface area contributed by atoms with E-state index < -0.39 is 5.69 Å². The molecule has 0 radical (unpaired) electrons. The van der Waals surface area contributed by atoms with Crippen molar-refractivity contribution in [3.63, 3.8) is 0 Å². The number of ether oxygens (including phenoxy) is 2. The van der Waals surface area contributed by atoms with Crippen molar-refractivity contribution in [2.45, 2.75) is 13.8 Å². The molecule has 0 fully saturated rings. The zero-order valence-electron chi connectivity index (χ0n) is 11.3. The first-order chi connectivity index (χ1) is 9.06. The summed E-state index contributed by atoms with van der Waals surface area (Å²) in [7, 11) is 3.00. The maximum Gasteiger partial charge on any atom is 0.351 e. The van der Waals surface area contributed by atoms with Crippen molar-refractivity contribution in [2.75, 3.05) is 14.2 Å². The van der Waals surface area contributed by atoms with Gasteiger partial charge in [0.2, 0.25) is 0 Å². The molecule has 1 aromatic heterocycles. The number of rotatable bonds is 3. The minimum atomic E-state index is -0.512. The van der Waals surface area contributed by atoms with Crippen molar-refractivity contribution in [1.29, 1.82) is 0 Å². The van der Waals surface area contributed by atoms with E-state index >= 15 is 0 Å². The highest BCUT2D eigenvalue weighted by Crippen LogP contribution is 2.32. The Morgan fingerprint density at radius 1 is 1.11 bits per heavy atom. The molecule has 100 valence electrons. The predicted octanol–water partition coefficient (Wildman–Crippen LogP) is 1.47. The van der Waals surface area contributed by atoms with Crippen molar-refractivity contribution >= 4 is 0 Å². The monoisotopic (exact) mass is 261 g/mol. The lowest BCUT2D eigenvalue weighted by Gasteiger charge is -2.12. The lowest BCUT2D eigenvalue weighted by molar-refractivity contribution is 0.376. The van der Waals surface area contributed by atoms with Gasteiger partial charge in [-0.15, -0.1) is 4.98 Å². The number of aromatic nitrogens is 3. The van der Waals surface area contributed by atoms with Crippen LogP contribution < -0.4 is 15.2 Å². The van der Waals surface area contributed by atoms with Crippen molar-refractivity contribution in [3.8, 4) is 23.1 Å². The smallest absolute Gasteiger partial charge is 0.351 e. The standard InChI is InChI=1S/C13H15N3O3/c1-7-5-6-9(10(18-3)8(7)2)11-14-12(17)16-13(15-11)19-4/h5-6H,1-4H3,(H,14,15,16,17). The molecule has 1 heterocycles. The first-order valence-corrected chi connectivity index (χ1v) is 5.73. The topological polar surface area (TPSA) is 77.1 Å². The second-order valence-corrected chi connectivity index (χ2v) is 4.08. The highest BCUT2D eigenvalue weighted by molar-refractivity contribution is 5.67. The number of H-pyrrole nitrogens is 1. The largest absolute Gasteiger partial charge is 0.496 e. The van der Waals surface area contributed by atoms with Gasteiger partial charge in [0, 0.05) is 0 Å². The highest BCUT2D eigenvalue weighted by Gasteiger charge is 2.14. The molecule has 0 saturated heterocycles. The molecule has 0 aliphatic rings. The Kier molecular flexibility index (Phi) is 3.50. The van der Waals surface area contributed by atoms with E-state index in [-0.39, 0.29) is 6.01 Å². The third-order valence-electron chi connectivity index (χ3n) is 2.95. The third-order valence-corrected chi connectivity index (χ3v) is 2.95. The third kappa shape index (κ3) is 2.42. The van der Waals surface area contributed by atoms with Gasteiger partial charge in [-0.05, 0) is 31.0 Å². The second kappa shape index (κ2) is 5.09. The van der Waals surface area contributed by atoms with Gasteiger partial charge in [0.1, 0.15) is 5.75 Å². The fourth-order valence-corrected chi connectivity index (χ4v) is 1.82. The summed E-state index contributed by atoms with van der Waals surface area (Å²) >= 11 is 0. The van der Waals surface area contributed by atoms with Crippen LogP contribution in [0.15, 0.2) is 16.9 Å². The van der Waals surface area contributed by atoms with Gasteiger partial charge >= 0.3 is 11.7 Å². The summed E-state index contributed by atoms with van der Waals surface area (Å²) in [6, 6.07) is 3.82. The maximum absolute atomic E-state index is 11.5. The minimum Gasteiger partial charge on any atom is -0.496 e. The van der Waals surface area contributed by atoms with Gasteiger partial charge in [0.05, 0.1) is 19.8 Å². The number of methoxy groups -OCH3 is 2. The van der Waals surface area contributed by atoms with E-state index in [0.29, 0.717) is 17.1 Å². The average molecular weight is 261 g/mol. The summed E-state index contributed by atoms with van der Waals surface area (Å²) in [5, 5.41) is 0. The number of aryl methyl sites for hydroxylation is 1. The van der Waals surface area contributed by atoms with Crippen molar-refractivity contribution in [1.82, 2.24) is 15.0 Å². The lowest BCUT2D eigenvalue weighted by Crippen LogP contribution is -2.14. The molecule has 0 saturated carbocycles. The molecule has 0 aliphatic carbocycles. The second-order valence-electron chi connectivity index (χ2n) is 4.08. The molecular formula is C13H15N3O3. The molecule has 0 atom stereocenters. The van der Waals surface area contributed by atoms with E-state index in [0.717, 1.165) is 11.1 Å². The van der Waals surface area contributed by atoms with Gasteiger partial charge in [0.25, 0.3) is 0 Å². The fourth-order valence-electron chi connectivity index (χ4n) is 1.82. The Hall–Kier alpha value is -2.37. The summed E-state index contributed by atoms with van der Waals surface area (Å²) < 4.78 is 10.3. The van der Waals surface area contributed by atoms with E-state index in [4.69, 9.17) is 9.47 Å². The molecule has 0 unspecified atom stereocenters. The van der Waals surface area contributed by atoms with Crippen molar-refractivity contribution in [2.24, 2.45) is 0 Å². The van der Waals surface area contributed by atoms with E-state index in [1.165, 1.54) is 7.11 Å². The number of hydrogen-bond acceptors (Lipinski definition) is 5. The molecular weight excluding hydrogens is 246 g/mol. The quantitative estimate of drug-likeness (QED) is 0.905. The molecule has 2 rings (SSSR count). The van der Waals surface area contributed by atoms with Crippen LogP contribution in [0.3, 0.4) is 0 Å². The number of benzene rings is 1. The summed E-state index contributed by atoms with van der Waals surface area (Å²) in [6.45, 7) is 3.94. The van der Waals surface area contributed by atoms with Gasteiger partial charge in [-0.25, -0.2) is 4.79 Å². The van der Waals surface area contributed by atoms with Crippen LogP contribution in [0.4, 0.5) is 0 Å². The molecule has 1 aromatic carbocycles. The first-order valence-electron chi connectivity index (χ1n) is 5.73. The van der Waals surface area contributed by atoms with Gasteiger partial charge in [-0.1, -0.05) is 6.07 Å². The van der Waals surface area contributed by atoms with E-state index in [1.807, 2.05) is 26.0 Å². The Balaban J connectivity index is 2.68. The van der Waals surface area contributed by atoms with E-state index in [1.54, 1.807) is 7.11 Å². The first kappa shape index (κ1) is 13.1. The van der Waals surface area contributed by atoms with Crippen LogP contribution in [0.2, 0.25) is 0 Å². The maximum atomic E-state index is 11.5. The van der Waals surface area contributed by atoms with Crippen LogP contribution in [0.1, 0.15) is 11.1 Å². The predicted molar refractivity (Wildman–Crippen MR) is 70.7 cm³/mol. The molecule has 6 nitrogen and oxygen atoms in total. The molecule has 2 aromatic rings. The van der Waals surface area contributed by atoms with Crippen LogP contribution in [-0.2, 0) is 0 Å². The summed E-state index contributed by atoms with van der Waals surface area (Å²) in [5.74, 6) is 1.05.